The van der Waals surface area contributed by atoms with Crippen LogP contribution in [0.1, 0.15) is 34.0 Å². The van der Waals surface area contributed by atoms with E-state index in [9.17, 15) is 9.18 Å². The van der Waals surface area contributed by atoms with Crippen molar-refractivity contribution in [3.8, 4) is 0 Å². The Hall–Kier alpha value is -1.25. The fourth-order valence-corrected chi connectivity index (χ4v) is 1.56. The molecule has 3 heteroatoms. The van der Waals surface area contributed by atoms with Crippen molar-refractivity contribution in [2.24, 2.45) is 0 Å². The van der Waals surface area contributed by atoms with Gasteiger partial charge in [-0.05, 0) is 25.0 Å². The van der Waals surface area contributed by atoms with Gasteiger partial charge in [-0.2, -0.15) is 0 Å². The van der Waals surface area contributed by atoms with Crippen LogP contribution in [0.2, 0.25) is 0 Å². The van der Waals surface area contributed by atoms with E-state index >= 15 is 0 Å². The summed E-state index contributed by atoms with van der Waals surface area (Å²) in [4.78, 5) is 14.7. The van der Waals surface area contributed by atoms with E-state index in [1.54, 1.807) is 19.2 Å². The largest absolute Gasteiger partial charge is 0.298 e. The number of rotatable bonds is 2. The minimum Gasteiger partial charge on any atom is -0.298 e. The Bertz CT molecular complexity index is 351. The van der Waals surface area contributed by atoms with Crippen molar-refractivity contribution in [1.82, 2.24) is 4.98 Å². The predicted molar refractivity (Wildman–Crippen MR) is 46.6 cm³/mol. The van der Waals surface area contributed by atoms with E-state index in [-0.39, 0.29) is 5.92 Å². The van der Waals surface area contributed by atoms with Crippen LogP contribution in [0.4, 0.5) is 4.39 Å². The van der Waals surface area contributed by atoms with Gasteiger partial charge in [-0.15, -0.1) is 0 Å². The summed E-state index contributed by atoms with van der Waals surface area (Å²) in [6.07, 6.45) is 2.18. The van der Waals surface area contributed by atoms with Crippen LogP contribution in [0, 0.1) is 6.92 Å². The van der Waals surface area contributed by atoms with Gasteiger partial charge >= 0.3 is 0 Å². The van der Waals surface area contributed by atoms with Crippen LogP contribution in [0.3, 0.4) is 0 Å². The van der Waals surface area contributed by atoms with Gasteiger partial charge in [0.05, 0.1) is 0 Å². The molecule has 13 heavy (non-hydrogen) atoms. The number of hydrogen-bond acceptors (Lipinski definition) is 2. The van der Waals surface area contributed by atoms with Crippen LogP contribution in [0.5, 0.6) is 0 Å². The molecule has 0 amide bonds. The van der Waals surface area contributed by atoms with Crippen molar-refractivity contribution in [3.05, 3.63) is 29.1 Å². The lowest BCUT2D eigenvalue weighted by molar-refractivity contribution is 0.112. The number of alkyl halides is 1. The summed E-state index contributed by atoms with van der Waals surface area (Å²) in [5.41, 5.74) is 2.06. The van der Waals surface area contributed by atoms with Gasteiger partial charge in [0, 0.05) is 23.4 Å². The molecule has 1 aromatic heterocycles. The first-order valence-electron chi connectivity index (χ1n) is 4.28. The molecule has 1 heterocycles. The third-order valence-electron chi connectivity index (χ3n) is 2.45. The SMILES string of the molecule is Cc1nccc([C@@H]2C[C@@H]2F)c1C=O. The first kappa shape index (κ1) is 8.35. The number of nitrogens with zero attached hydrogens (tertiary/aromatic N) is 1. The molecule has 0 N–H and O–H groups in total. The van der Waals surface area contributed by atoms with Crippen LogP contribution >= 0.6 is 0 Å². The maximum Gasteiger partial charge on any atom is 0.152 e. The molecule has 0 spiro atoms. The first-order chi connectivity index (χ1) is 6.24. The van der Waals surface area contributed by atoms with Gasteiger partial charge in [0.25, 0.3) is 0 Å². The Labute approximate surface area is 75.8 Å². The highest BCUT2D eigenvalue weighted by atomic mass is 19.1. The molecular weight excluding hydrogens is 169 g/mol. The van der Waals surface area contributed by atoms with Crippen molar-refractivity contribution in [2.45, 2.75) is 25.4 Å². The molecule has 1 aromatic rings. The van der Waals surface area contributed by atoms with Gasteiger partial charge in [0.1, 0.15) is 6.17 Å². The topological polar surface area (TPSA) is 30.0 Å². The normalized spacial score (nSPS) is 25.7. The fourth-order valence-electron chi connectivity index (χ4n) is 1.56. The van der Waals surface area contributed by atoms with Gasteiger partial charge in [0.2, 0.25) is 0 Å². The number of pyridine rings is 1. The summed E-state index contributed by atoms with van der Waals surface area (Å²) in [5.74, 6) is -0.0677. The standard InChI is InChI=1S/C10H10FNO/c1-6-9(5-13)7(2-3-12-6)8-4-10(8)11/h2-3,5,8,10H,4H2,1H3/t8-,10-/m0/s1. The second-order valence-corrected chi connectivity index (χ2v) is 3.38. The summed E-state index contributed by atoms with van der Waals surface area (Å²) in [6.45, 7) is 1.77. The monoisotopic (exact) mass is 179 g/mol. The Morgan fingerprint density at radius 2 is 2.38 bits per heavy atom. The third-order valence-corrected chi connectivity index (χ3v) is 2.45. The molecule has 68 valence electrons. The summed E-state index contributed by atoms with van der Waals surface area (Å²) >= 11 is 0. The number of halogens is 1. The lowest BCUT2D eigenvalue weighted by atomic mass is 10.0. The Morgan fingerprint density at radius 1 is 1.69 bits per heavy atom. The molecule has 0 radical (unpaired) electrons. The number of aldehydes is 1. The molecular formula is C10H10FNO. The van der Waals surface area contributed by atoms with Crippen molar-refractivity contribution in [2.75, 3.05) is 0 Å². The van der Waals surface area contributed by atoms with Crippen molar-refractivity contribution < 1.29 is 9.18 Å². The average molecular weight is 179 g/mol. The van der Waals surface area contributed by atoms with E-state index in [2.05, 4.69) is 4.98 Å². The highest BCUT2D eigenvalue weighted by Gasteiger charge is 2.40. The zero-order chi connectivity index (χ0) is 9.42. The van der Waals surface area contributed by atoms with Gasteiger partial charge in [-0.3, -0.25) is 9.78 Å². The second kappa shape index (κ2) is 2.91. The Balaban J connectivity index is 2.44. The Morgan fingerprint density at radius 3 is 2.92 bits per heavy atom. The number of carbonyl (C=O) groups excluding carboxylic acids is 1. The van der Waals surface area contributed by atoms with Gasteiger partial charge in [-0.25, -0.2) is 4.39 Å². The van der Waals surface area contributed by atoms with E-state index < -0.39 is 6.17 Å². The summed E-state index contributed by atoms with van der Waals surface area (Å²) < 4.78 is 12.8. The molecule has 0 aromatic carbocycles. The van der Waals surface area contributed by atoms with Crippen molar-refractivity contribution in [3.63, 3.8) is 0 Å². The lowest BCUT2D eigenvalue weighted by Gasteiger charge is -2.03. The maximum absolute atomic E-state index is 12.8. The van der Waals surface area contributed by atoms with Crippen LogP contribution in [0.15, 0.2) is 12.3 Å². The Kier molecular flexibility index (Phi) is 1.87. The molecule has 1 aliphatic carbocycles. The van der Waals surface area contributed by atoms with Crippen LogP contribution < -0.4 is 0 Å². The average Bonchev–Trinajstić information content (AvgIpc) is 2.82. The molecule has 0 unspecified atom stereocenters. The van der Waals surface area contributed by atoms with Gasteiger partial charge < -0.3 is 0 Å². The quantitative estimate of drug-likeness (QED) is 0.650. The molecule has 0 bridgehead atoms. The van der Waals surface area contributed by atoms with Crippen LogP contribution in [0.25, 0.3) is 0 Å². The number of hydrogen-bond donors (Lipinski definition) is 0. The van der Waals surface area contributed by atoms with Crippen LogP contribution in [-0.4, -0.2) is 17.4 Å². The zero-order valence-corrected chi connectivity index (χ0v) is 7.33. The molecule has 0 saturated heterocycles. The smallest absolute Gasteiger partial charge is 0.152 e. The highest BCUT2D eigenvalue weighted by Crippen LogP contribution is 2.44. The van der Waals surface area contributed by atoms with Crippen molar-refractivity contribution >= 4 is 6.29 Å². The summed E-state index contributed by atoms with van der Waals surface area (Å²) in [5, 5.41) is 0. The molecule has 2 rings (SSSR count). The molecule has 1 saturated carbocycles. The minimum absolute atomic E-state index is 0.0677. The second-order valence-electron chi connectivity index (χ2n) is 3.38. The summed E-state index contributed by atoms with van der Waals surface area (Å²) in [7, 11) is 0. The van der Waals surface area contributed by atoms with Gasteiger partial charge in [-0.1, -0.05) is 0 Å². The van der Waals surface area contributed by atoms with E-state index in [4.69, 9.17) is 0 Å². The maximum atomic E-state index is 12.8. The molecule has 1 aliphatic rings. The third kappa shape index (κ3) is 1.34. The highest BCUT2D eigenvalue weighted by molar-refractivity contribution is 5.79. The summed E-state index contributed by atoms with van der Waals surface area (Å²) in [6, 6.07) is 1.74. The minimum atomic E-state index is -0.763. The van der Waals surface area contributed by atoms with Crippen molar-refractivity contribution in [1.29, 1.82) is 0 Å². The zero-order valence-electron chi connectivity index (χ0n) is 7.33. The lowest BCUT2D eigenvalue weighted by Crippen LogP contribution is -1.97. The van der Waals surface area contributed by atoms with E-state index in [1.807, 2.05) is 0 Å². The van der Waals surface area contributed by atoms with E-state index in [0.29, 0.717) is 17.7 Å². The predicted octanol–water partition coefficient (Wildman–Crippen LogP) is 2.03. The van der Waals surface area contributed by atoms with Gasteiger partial charge in [0.15, 0.2) is 6.29 Å². The fraction of sp³-hybridized carbons (Fsp3) is 0.400. The number of aromatic nitrogens is 1. The number of carbonyl (C=O) groups is 1. The first-order valence-corrected chi connectivity index (χ1v) is 4.28. The molecule has 1 fully saturated rings. The van der Waals surface area contributed by atoms with Crippen LogP contribution in [-0.2, 0) is 0 Å². The van der Waals surface area contributed by atoms with E-state index in [0.717, 1.165) is 11.8 Å². The van der Waals surface area contributed by atoms with E-state index in [1.165, 1.54) is 0 Å². The molecule has 2 nitrogen and oxygen atoms in total. The molecule has 0 aliphatic heterocycles. The molecule has 2 atom stereocenters. The number of aryl methyl sites for hydroxylation is 1.